The zero-order chi connectivity index (χ0) is 13.0. The maximum atomic E-state index is 13.4. The molecule has 0 aliphatic carbocycles. The van der Waals surface area contributed by atoms with Crippen molar-refractivity contribution >= 4 is 0 Å². The SMILES string of the molecule is Cc1cccc(Oc2cc(F)cc(CCN)c2)c1. The van der Waals surface area contributed by atoms with Crippen molar-refractivity contribution in [3.63, 3.8) is 0 Å². The van der Waals surface area contributed by atoms with E-state index in [0.717, 1.165) is 11.1 Å². The molecule has 2 N–H and O–H groups in total. The number of ether oxygens (including phenoxy) is 1. The predicted octanol–water partition coefficient (Wildman–Crippen LogP) is 3.43. The summed E-state index contributed by atoms with van der Waals surface area (Å²) in [6.45, 7) is 2.48. The molecule has 2 rings (SSSR count). The fraction of sp³-hybridized carbons (Fsp3) is 0.200. The third-order valence-corrected chi connectivity index (χ3v) is 2.59. The van der Waals surface area contributed by atoms with Crippen LogP contribution in [-0.2, 0) is 6.42 Å². The van der Waals surface area contributed by atoms with Crippen LogP contribution < -0.4 is 10.5 Å². The van der Waals surface area contributed by atoms with Gasteiger partial charge in [-0.3, -0.25) is 0 Å². The minimum Gasteiger partial charge on any atom is -0.457 e. The number of halogens is 1. The highest BCUT2D eigenvalue weighted by molar-refractivity contribution is 5.36. The Bertz CT molecular complexity index is 540. The van der Waals surface area contributed by atoms with Gasteiger partial charge in [-0.15, -0.1) is 0 Å². The van der Waals surface area contributed by atoms with Gasteiger partial charge in [-0.2, -0.15) is 0 Å². The predicted molar refractivity (Wildman–Crippen MR) is 70.4 cm³/mol. The first-order valence-electron chi connectivity index (χ1n) is 5.91. The number of hydrogen-bond donors (Lipinski definition) is 1. The van der Waals surface area contributed by atoms with Gasteiger partial charge in [0.15, 0.2) is 0 Å². The van der Waals surface area contributed by atoms with Gasteiger partial charge < -0.3 is 10.5 Å². The van der Waals surface area contributed by atoms with Gasteiger partial charge in [0.2, 0.25) is 0 Å². The molecule has 0 aliphatic rings. The van der Waals surface area contributed by atoms with E-state index in [2.05, 4.69) is 0 Å². The summed E-state index contributed by atoms with van der Waals surface area (Å²) in [5, 5.41) is 0. The first kappa shape index (κ1) is 12.6. The molecule has 2 aromatic carbocycles. The van der Waals surface area contributed by atoms with Gasteiger partial charge in [-0.25, -0.2) is 4.39 Å². The van der Waals surface area contributed by atoms with Crippen LogP contribution in [0.5, 0.6) is 11.5 Å². The number of nitrogens with two attached hydrogens (primary N) is 1. The van der Waals surface area contributed by atoms with E-state index in [9.17, 15) is 4.39 Å². The van der Waals surface area contributed by atoms with Crippen LogP contribution >= 0.6 is 0 Å². The van der Waals surface area contributed by atoms with Gasteiger partial charge >= 0.3 is 0 Å². The Morgan fingerprint density at radius 1 is 1.11 bits per heavy atom. The molecule has 0 aliphatic heterocycles. The second kappa shape index (κ2) is 5.65. The van der Waals surface area contributed by atoms with Crippen LogP contribution in [-0.4, -0.2) is 6.54 Å². The average Bonchev–Trinajstić information content (AvgIpc) is 2.28. The monoisotopic (exact) mass is 245 g/mol. The Kier molecular flexibility index (Phi) is 3.95. The van der Waals surface area contributed by atoms with Crippen LogP contribution in [0.1, 0.15) is 11.1 Å². The Morgan fingerprint density at radius 3 is 2.67 bits per heavy atom. The first-order chi connectivity index (χ1) is 8.67. The van der Waals surface area contributed by atoms with E-state index < -0.39 is 0 Å². The lowest BCUT2D eigenvalue weighted by Gasteiger charge is -2.08. The normalized spacial score (nSPS) is 10.4. The topological polar surface area (TPSA) is 35.2 Å². The van der Waals surface area contributed by atoms with E-state index in [0.29, 0.717) is 24.5 Å². The van der Waals surface area contributed by atoms with Crippen LogP contribution in [0.15, 0.2) is 42.5 Å². The lowest BCUT2D eigenvalue weighted by atomic mass is 10.1. The van der Waals surface area contributed by atoms with Gasteiger partial charge in [0, 0.05) is 6.07 Å². The standard InChI is InChI=1S/C15H16FNO/c1-11-3-2-4-14(7-11)18-15-9-12(5-6-17)8-13(16)10-15/h2-4,7-10H,5-6,17H2,1H3. The Labute approximate surface area is 106 Å². The fourth-order valence-electron chi connectivity index (χ4n) is 1.81. The van der Waals surface area contributed by atoms with Crippen molar-refractivity contribution in [3.05, 3.63) is 59.4 Å². The summed E-state index contributed by atoms with van der Waals surface area (Å²) in [4.78, 5) is 0. The second-order valence-electron chi connectivity index (χ2n) is 4.25. The molecule has 0 spiro atoms. The largest absolute Gasteiger partial charge is 0.457 e. The van der Waals surface area contributed by atoms with Gasteiger partial charge in [0.1, 0.15) is 17.3 Å². The van der Waals surface area contributed by atoms with Crippen molar-refractivity contribution in [1.82, 2.24) is 0 Å². The number of aryl methyl sites for hydroxylation is 1. The van der Waals surface area contributed by atoms with E-state index in [1.165, 1.54) is 12.1 Å². The van der Waals surface area contributed by atoms with E-state index in [-0.39, 0.29) is 5.82 Å². The minimum atomic E-state index is -0.302. The van der Waals surface area contributed by atoms with Gasteiger partial charge in [-0.05, 0) is 55.3 Å². The van der Waals surface area contributed by atoms with Crippen LogP contribution in [0.2, 0.25) is 0 Å². The Morgan fingerprint density at radius 2 is 1.94 bits per heavy atom. The summed E-state index contributed by atoms with van der Waals surface area (Å²) in [6.07, 6.45) is 0.641. The van der Waals surface area contributed by atoms with E-state index >= 15 is 0 Å². The van der Waals surface area contributed by atoms with Crippen LogP contribution in [0.3, 0.4) is 0 Å². The third-order valence-electron chi connectivity index (χ3n) is 2.59. The van der Waals surface area contributed by atoms with Gasteiger partial charge in [0.05, 0.1) is 0 Å². The molecule has 0 bridgehead atoms. The molecule has 0 atom stereocenters. The van der Waals surface area contributed by atoms with Crippen molar-refractivity contribution in [2.75, 3.05) is 6.54 Å². The summed E-state index contributed by atoms with van der Waals surface area (Å²) in [5.74, 6) is 0.909. The van der Waals surface area contributed by atoms with E-state index in [1.807, 2.05) is 37.3 Å². The third kappa shape index (κ3) is 3.31. The quantitative estimate of drug-likeness (QED) is 0.895. The molecule has 0 amide bonds. The lowest BCUT2D eigenvalue weighted by molar-refractivity contribution is 0.475. The molecule has 0 heterocycles. The summed E-state index contributed by atoms with van der Waals surface area (Å²) in [5.41, 5.74) is 7.42. The highest BCUT2D eigenvalue weighted by atomic mass is 19.1. The number of hydrogen-bond acceptors (Lipinski definition) is 2. The molecule has 3 heteroatoms. The Balaban J connectivity index is 2.23. The summed E-state index contributed by atoms with van der Waals surface area (Å²) in [7, 11) is 0. The van der Waals surface area contributed by atoms with Crippen LogP contribution in [0.4, 0.5) is 4.39 Å². The zero-order valence-corrected chi connectivity index (χ0v) is 10.3. The summed E-state index contributed by atoms with van der Waals surface area (Å²) >= 11 is 0. The minimum absolute atomic E-state index is 0.302. The molecule has 0 fully saturated rings. The molecule has 0 unspecified atom stereocenters. The zero-order valence-electron chi connectivity index (χ0n) is 10.3. The molecule has 2 nitrogen and oxygen atoms in total. The molecule has 94 valence electrons. The fourth-order valence-corrected chi connectivity index (χ4v) is 1.81. The molecule has 0 saturated heterocycles. The second-order valence-corrected chi connectivity index (χ2v) is 4.25. The van der Waals surface area contributed by atoms with Crippen molar-refractivity contribution in [1.29, 1.82) is 0 Å². The molecular formula is C15H16FNO. The summed E-state index contributed by atoms with van der Waals surface area (Å²) in [6, 6.07) is 12.3. The van der Waals surface area contributed by atoms with Crippen LogP contribution in [0.25, 0.3) is 0 Å². The van der Waals surface area contributed by atoms with Crippen molar-refractivity contribution < 1.29 is 9.13 Å². The average molecular weight is 245 g/mol. The highest BCUT2D eigenvalue weighted by Crippen LogP contribution is 2.24. The lowest BCUT2D eigenvalue weighted by Crippen LogP contribution is -2.03. The van der Waals surface area contributed by atoms with Crippen LogP contribution in [0, 0.1) is 12.7 Å². The van der Waals surface area contributed by atoms with Gasteiger partial charge in [-0.1, -0.05) is 12.1 Å². The molecule has 0 aromatic heterocycles. The molecule has 0 saturated carbocycles. The van der Waals surface area contributed by atoms with Crippen molar-refractivity contribution in [2.24, 2.45) is 5.73 Å². The highest BCUT2D eigenvalue weighted by Gasteiger charge is 2.03. The molecular weight excluding hydrogens is 229 g/mol. The maximum Gasteiger partial charge on any atom is 0.130 e. The molecule has 2 aromatic rings. The van der Waals surface area contributed by atoms with E-state index in [1.54, 1.807) is 0 Å². The number of benzene rings is 2. The smallest absolute Gasteiger partial charge is 0.130 e. The number of rotatable bonds is 4. The first-order valence-corrected chi connectivity index (χ1v) is 5.91. The van der Waals surface area contributed by atoms with E-state index in [4.69, 9.17) is 10.5 Å². The maximum absolute atomic E-state index is 13.4. The molecule has 0 radical (unpaired) electrons. The van der Waals surface area contributed by atoms with Gasteiger partial charge in [0.25, 0.3) is 0 Å². The van der Waals surface area contributed by atoms with Crippen molar-refractivity contribution in [3.8, 4) is 11.5 Å². The Hall–Kier alpha value is -1.87. The molecule has 18 heavy (non-hydrogen) atoms. The summed E-state index contributed by atoms with van der Waals surface area (Å²) < 4.78 is 19.1. The van der Waals surface area contributed by atoms with Crippen molar-refractivity contribution in [2.45, 2.75) is 13.3 Å².